The molecule has 0 amide bonds. The predicted octanol–water partition coefficient (Wildman–Crippen LogP) is 4.15. The molecule has 3 rings (SSSR count). The Morgan fingerprint density at radius 3 is 2.86 bits per heavy atom. The van der Waals surface area contributed by atoms with E-state index in [9.17, 15) is 0 Å². The van der Waals surface area contributed by atoms with Crippen molar-refractivity contribution in [2.45, 2.75) is 17.3 Å². The van der Waals surface area contributed by atoms with Crippen molar-refractivity contribution in [1.82, 2.24) is 15.2 Å². The molecule has 0 spiro atoms. The number of pyridine rings is 1. The van der Waals surface area contributed by atoms with Gasteiger partial charge < -0.3 is 5.32 Å². The summed E-state index contributed by atoms with van der Waals surface area (Å²) in [4.78, 5) is 8.20. The van der Waals surface area contributed by atoms with Crippen LogP contribution in [0.5, 0.6) is 0 Å². The van der Waals surface area contributed by atoms with Gasteiger partial charge in [-0.15, -0.1) is 23.1 Å². The minimum Gasteiger partial charge on any atom is -0.314 e. The van der Waals surface area contributed by atoms with Crippen LogP contribution in [0, 0.1) is 0 Å². The average Bonchev–Trinajstić information content (AvgIpc) is 2.86. The number of aromatic nitrogens is 1. The highest BCUT2D eigenvalue weighted by molar-refractivity contribution is 7.98. The molecule has 0 bridgehead atoms. The van der Waals surface area contributed by atoms with Gasteiger partial charge >= 0.3 is 0 Å². The Kier molecular flexibility index (Phi) is 6.02. The molecule has 0 saturated carbocycles. The molecule has 0 atom stereocenters. The summed E-state index contributed by atoms with van der Waals surface area (Å²) in [7, 11) is 0. The number of thiophene rings is 1. The van der Waals surface area contributed by atoms with Gasteiger partial charge in [-0.2, -0.15) is 0 Å². The Morgan fingerprint density at radius 1 is 1.32 bits per heavy atom. The number of thioether (sulfide) groups is 1. The number of halogens is 2. The molecule has 1 aliphatic heterocycles. The van der Waals surface area contributed by atoms with Crippen LogP contribution in [0.2, 0.25) is 9.36 Å². The first kappa shape index (κ1) is 16.6. The third-order valence-electron chi connectivity index (χ3n) is 3.50. The van der Waals surface area contributed by atoms with Gasteiger partial charge in [0, 0.05) is 49.6 Å². The summed E-state index contributed by atoms with van der Waals surface area (Å²) in [6.45, 7) is 5.28. The molecular weight excluding hydrogens is 357 g/mol. The Morgan fingerprint density at radius 2 is 2.14 bits per heavy atom. The summed E-state index contributed by atoms with van der Waals surface area (Å²) in [5.74, 6) is 0.850. The van der Waals surface area contributed by atoms with E-state index in [-0.39, 0.29) is 0 Å². The van der Waals surface area contributed by atoms with Crippen LogP contribution < -0.4 is 5.32 Å². The molecule has 1 N–H and O–H groups in total. The van der Waals surface area contributed by atoms with Gasteiger partial charge in [0.15, 0.2) is 0 Å². The number of rotatable bonds is 5. The van der Waals surface area contributed by atoms with Crippen molar-refractivity contribution in [3.63, 3.8) is 0 Å². The molecule has 1 aliphatic rings. The van der Waals surface area contributed by atoms with Crippen LogP contribution in [0.1, 0.15) is 10.4 Å². The molecule has 1 fully saturated rings. The fraction of sp³-hybridized carbons (Fsp3) is 0.400. The van der Waals surface area contributed by atoms with Crippen LogP contribution in [0.3, 0.4) is 0 Å². The lowest BCUT2D eigenvalue weighted by Crippen LogP contribution is -2.42. The highest BCUT2D eigenvalue weighted by Crippen LogP contribution is 2.35. The first-order chi connectivity index (χ1) is 10.7. The maximum Gasteiger partial charge on any atom is 0.112 e. The van der Waals surface area contributed by atoms with E-state index in [1.165, 1.54) is 10.4 Å². The van der Waals surface area contributed by atoms with E-state index in [0.717, 1.165) is 43.5 Å². The Hall–Kier alpha value is -0.300. The standard InChI is InChI=1S/C15H17Cl2N3S2/c16-13-8-12(22-14(13)17)10-21-15-11(2-1-3-19-15)9-20-6-4-18-5-7-20/h1-3,8,18H,4-7,9-10H2. The van der Waals surface area contributed by atoms with Crippen LogP contribution >= 0.6 is 46.3 Å². The Balaban J connectivity index is 1.65. The summed E-state index contributed by atoms with van der Waals surface area (Å²) in [5.41, 5.74) is 1.29. The molecule has 2 aromatic heterocycles. The quantitative estimate of drug-likeness (QED) is 0.796. The summed E-state index contributed by atoms with van der Waals surface area (Å²) < 4.78 is 0.666. The second-order valence-electron chi connectivity index (χ2n) is 5.12. The summed E-state index contributed by atoms with van der Waals surface area (Å²) in [6, 6.07) is 6.13. The van der Waals surface area contributed by atoms with Crippen molar-refractivity contribution in [3.05, 3.63) is 44.2 Å². The topological polar surface area (TPSA) is 28.2 Å². The van der Waals surface area contributed by atoms with Crippen molar-refractivity contribution in [1.29, 1.82) is 0 Å². The zero-order valence-electron chi connectivity index (χ0n) is 12.0. The Bertz CT molecular complexity index is 608. The van der Waals surface area contributed by atoms with Crippen LogP contribution in [0.4, 0.5) is 0 Å². The van der Waals surface area contributed by atoms with Crippen molar-refractivity contribution in [3.8, 4) is 0 Å². The van der Waals surface area contributed by atoms with E-state index in [0.29, 0.717) is 9.36 Å². The molecule has 0 radical (unpaired) electrons. The van der Waals surface area contributed by atoms with E-state index in [4.69, 9.17) is 23.2 Å². The van der Waals surface area contributed by atoms with Gasteiger partial charge in [-0.1, -0.05) is 29.3 Å². The second kappa shape index (κ2) is 7.99. The molecule has 1 saturated heterocycles. The SMILES string of the molecule is Clc1cc(CSc2ncccc2CN2CCNCC2)sc1Cl. The van der Waals surface area contributed by atoms with Crippen LogP contribution in [-0.2, 0) is 12.3 Å². The van der Waals surface area contributed by atoms with Crippen molar-refractivity contribution >= 4 is 46.3 Å². The lowest BCUT2D eigenvalue weighted by molar-refractivity contribution is 0.231. The smallest absolute Gasteiger partial charge is 0.112 e. The average molecular weight is 374 g/mol. The number of hydrogen-bond acceptors (Lipinski definition) is 5. The summed E-state index contributed by atoms with van der Waals surface area (Å²) in [6.07, 6.45) is 1.86. The minimum absolute atomic E-state index is 0.643. The van der Waals surface area contributed by atoms with E-state index in [2.05, 4.69) is 21.3 Å². The molecule has 0 unspecified atom stereocenters. The zero-order chi connectivity index (χ0) is 15.4. The van der Waals surface area contributed by atoms with E-state index in [1.54, 1.807) is 23.1 Å². The van der Waals surface area contributed by atoms with Gasteiger partial charge in [0.1, 0.15) is 9.36 Å². The maximum atomic E-state index is 6.02. The fourth-order valence-corrected chi connectivity index (χ4v) is 4.84. The first-order valence-corrected chi connectivity index (χ1v) is 9.71. The van der Waals surface area contributed by atoms with Crippen molar-refractivity contribution in [2.24, 2.45) is 0 Å². The highest BCUT2D eigenvalue weighted by Gasteiger charge is 2.13. The molecule has 118 valence electrons. The molecule has 0 aliphatic carbocycles. The molecule has 7 heteroatoms. The van der Waals surface area contributed by atoms with Gasteiger partial charge in [0.05, 0.1) is 5.02 Å². The molecule has 3 nitrogen and oxygen atoms in total. The van der Waals surface area contributed by atoms with E-state index in [1.807, 2.05) is 18.3 Å². The molecule has 2 aromatic rings. The minimum atomic E-state index is 0.643. The van der Waals surface area contributed by atoms with Gasteiger partial charge in [-0.25, -0.2) is 4.98 Å². The monoisotopic (exact) mass is 373 g/mol. The zero-order valence-corrected chi connectivity index (χ0v) is 15.2. The number of nitrogens with one attached hydrogen (secondary N) is 1. The van der Waals surface area contributed by atoms with Crippen molar-refractivity contribution in [2.75, 3.05) is 26.2 Å². The van der Waals surface area contributed by atoms with Crippen molar-refractivity contribution < 1.29 is 0 Å². The highest BCUT2D eigenvalue weighted by atomic mass is 35.5. The third kappa shape index (κ3) is 4.37. The van der Waals surface area contributed by atoms with Gasteiger partial charge in [0.2, 0.25) is 0 Å². The number of piperazine rings is 1. The van der Waals surface area contributed by atoms with E-state index < -0.39 is 0 Å². The van der Waals surface area contributed by atoms with Crippen LogP contribution in [-0.4, -0.2) is 36.1 Å². The van der Waals surface area contributed by atoms with E-state index >= 15 is 0 Å². The lowest BCUT2D eigenvalue weighted by Gasteiger charge is -2.27. The second-order valence-corrected chi connectivity index (χ2v) is 8.23. The third-order valence-corrected chi connectivity index (χ3v) is 6.65. The largest absolute Gasteiger partial charge is 0.314 e. The van der Waals surface area contributed by atoms with Crippen LogP contribution in [0.15, 0.2) is 29.4 Å². The molecular formula is C15H17Cl2N3S2. The normalized spacial score (nSPS) is 16.1. The first-order valence-electron chi connectivity index (χ1n) is 7.16. The molecule has 0 aromatic carbocycles. The fourth-order valence-electron chi connectivity index (χ4n) is 2.39. The van der Waals surface area contributed by atoms with Gasteiger partial charge in [0.25, 0.3) is 0 Å². The summed E-state index contributed by atoms with van der Waals surface area (Å²) in [5, 5.41) is 5.12. The number of hydrogen-bond donors (Lipinski definition) is 1. The summed E-state index contributed by atoms with van der Waals surface area (Å²) >= 11 is 15.3. The maximum absolute atomic E-state index is 6.02. The van der Waals surface area contributed by atoms with Crippen LogP contribution in [0.25, 0.3) is 0 Å². The predicted molar refractivity (Wildman–Crippen MR) is 96.3 cm³/mol. The molecule has 22 heavy (non-hydrogen) atoms. The number of nitrogens with zero attached hydrogens (tertiary/aromatic N) is 2. The van der Waals surface area contributed by atoms with Gasteiger partial charge in [-0.3, -0.25) is 4.90 Å². The molecule has 3 heterocycles. The Labute approximate surface area is 149 Å². The lowest BCUT2D eigenvalue weighted by atomic mass is 10.2. The van der Waals surface area contributed by atoms with Gasteiger partial charge in [-0.05, 0) is 17.7 Å².